The van der Waals surface area contributed by atoms with Crippen LogP contribution >= 0.6 is 23.2 Å². The zero-order chi connectivity index (χ0) is 17.1. The lowest BCUT2D eigenvalue weighted by Gasteiger charge is -2.10. The third-order valence-corrected chi connectivity index (χ3v) is 3.70. The molecular formula is C15H10Cl2FN3O2. The Hall–Kier alpha value is -2.41. The molecule has 0 saturated heterocycles. The molecule has 2 aromatic rings. The van der Waals surface area contributed by atoms with Crippen LogP contribution in [-0.2, 0) is 6.54 Å². The molecule has 2 rings (SSSR count). The van der Waals surface area contributed by atoms with Crippen molar-refractivity contribution in [1.29, 1.82) is 5.26 Å². The van der Waals surface area contributed by atoms with Crippen molar-refractivity contribution in [3.63, 3.8) is 0 Å². The van der Waals surface area contributed by atoms with Crippen LogP contribution in [0.1, 0.15) is 12.6 Å². The molecule has 1 aromatic carbocycles. The third-order valence-electron chi connectivity index (χ3n) is 3.06. The van der Waals surface area contributed by atoms with Crippen molar-refractivity contribution in [2.24, 2.45) is 0 Å². The summed E-state index contributed by atoms with van der Waals surface area (Å²) in [4.78, 5) is 12.4. The smallest absolute Gasteiger partial charge is 0.335 e. The van der Waals surface area contributed by atoms with Crippen LogP contribution in [-0.4, -0.2) is 15.7 Å². The number of rotatable bonds is 4. The minimum absolute atomic E-state index is 0.00102. The normalized spacial score (nSPS) is 10.2. The van der Waals surface area contributed by atoms with Gasteiger partial charge in [0, 0.05) is 12.6 Å². The Labute approximate surface area is 141 Å². The molecule has 23 heavy (non-hydrogen) atoms. The monoisotopic (exact) mass is 353 g/mol. The molecule has 118 valence electrons. The molecule has 0 N–H and O–H groups in total. The maximum atomic E-state index is 14.3. The molecule has 0 bridgehead atoms. The second-order valence-corrected chi connectivity index (χ2v) is 5.11. The van der Waals surface area contributed by atoms with Crippen LogP contribution in [0.25, 0.3) is 5.69 Å². The van der Waals surface area contributed by atoms with Gasteiger partial charge in [0.15, 0.2) is 10.8 Å². The Morgan fingerprint density at radius 2 is 2.13 bits per heavy atom. The number of ether oxygens (including phenoxy) is 1. The van der Waals surface area contributed by atoms with Gasteiger partial charge in [0.05, 0.1) is 10.7 Å². The maximum Gasteiger partial charge on any atom is 0.335 e. The van der Waals surface area contributed by atoms with Gasteiger partial charge in [-0.15, -0.1) is 6.42 Å². The molecule has 1 heterocycles. The summed E-state index contributed by atoms with van der Waals surface area (Å²) in [5.74, 6) is 1.57. The van der Waals surface area contributed by atoms with Crippen LogP contribution < -0.4 is 10.4 Å². The lowest BCUT2D eigenvalue weighted by atomic mass is 10.2. The van der Waals surface area contributed by atoms with E-state index in [1.54, 1.807) is 6.92 Å². The Kier molecular flexibility index (Phi) is 5.00. The van der Waals surface area contributed by atoms with Crippen molar-refractivity contribution < 1.29 is 9.13 Å². The Balaban J connectivity index is 2.73. The maximum absolute atomic E-state index is 14.3. The van der Waals surface area contributed by atoms with Gasteiger partial charge in [0.1, 0.15) is 24.2 Å². The van der Waals surface area contributed by atoms with Crippen molar-refractivity contribution in [3.05, 3.63) is 44.3 Å². The van der Waals surface area contributed by atoms with Gasteiger partial charge < -0.3 is 4.74 Å². The number of nitriles is 1. The first-order valence-electron chi connectivity index (χ1n) is 6.43. The highest BCUT2D eigenvalue weighted by atomic mass is 35.5. The summed E-state index contributed by atoms with van der Waals surface area (Å²) in [6.45, 7) is 1.81. The van der Waals surface area contributed by atoms with E-state index in [0.717, 1.165) is 15.2 Å². The van der Waals surface area contributed by atoms with Gasteiger partial charge in [-0.05, 0) is 13.0 Å². The number of terminal acetylenes is 1. The average Bonchev–Trinajstić information content (AvgIpc) is 2.76. The summed E-state index contributed by atoms with van der Waals surface area (Å²) in [5, 5.41) is 8.94. The number of hydrogen-bond donors (Lipinski definition) is 0. The quantitative estimate of drug-likeness (QED) is 0.793. The van der Waals surface area contributed by atoms with Crippen LogP contribution in [0.4, 0.5) is 4.39 Å². The number of nitrogens with zero attached hydrogens (tertiary/aromatic N) is 3. The second-order valence-electron chi connectivity index (χ2n) is 4.34. The van der Waals surface area contributed by atoms with Gasteiger partial charge in [0.25, 0.3) is 0 Å². The van der Waals surface area contributed by atoms with Crippen LogP contribution in [0.2, 0.25) is 10.2 Å². The molecule has 0 unspecified atom stereocenters. The van der Waals surface area contributed by atoms with Crippen LogP contribution in [0, 0.1) is 29.5 Å². The molecule has 8 heteroatoms. The Morgan fingerprint density at radius 3 is 2.65 bits per heavy atom. The standard InChI is InChI=1S/C15H10Cl2FN3O2/c1-3-5-23-13-7-11(10(18)6-9(13)16)21-14(17)12(8-19)20(4-2)15(21)22/h1,6-7H,4-5H2,2H3. The number of benzene rings is 1. The minimum atomic E-state index is -0.787. The highest BCUT2D eigenvalue weighted by Gasteiger charge is 2.22. The van der Waals surface area contributed by atoms with E-state index in [9.17, 15) is 9.18 Å². The van der Waals surface area contributed by atoms with Crippen molar-refractivity contribution >= 4 is 23.2 Å². The summed E-state index contributed by atoms with van der Waals surface area (Å²) in [6.07, 6.45) is 5.11. The fourth-order valence-electron chi connectivity index (χ4n) is 2.05. The van der Waals surface area contributed by atoms with Gasteiger partial charge in [-0.2, -0.15) is 5.26 Å². The van der Waals surface area contributed by atoms with E-state index in [4.69, 9.17) is 39.6 Å². The topological polar surface area (TPSA) is 60.0 Å². The van der Waals surface area contributed by atoms with Gasteiger partial charge in [-0.3, -0.25) is 4.57 Å². The molecule has 5 nitrogen and oxygen atoms in total. The van der Waals surface area contributed by atoms with Crippen LogP contribution in [0.5, 0.6) is 5.75 Å². The van der Waals surface area contributed by atoms with E-state index < -0.39 is 11.5 Å². The predicted molar refractivity (Wildman–Crippen MR) is 84.7 cm³/mol. The summed E-state index contributed by atoms with van der Waals surface area (Å²) in [5.41, 5.74) is -0.877. The molecule has 0 aliphatic heterocycles. The van der Waals surface area contributed by atoms with E-state index in [1.807, 2.05) is 6.07 Å². The minimum Gasteiger partial charge on any atom is -0.479 e. The molecule has 1 aromatic heterocycles. The zero-order valence-electron chi connectivity index (χ0n) is 11.9. The number of imidazole rings is 1. The van der Waals surface area contributed by atoms with Gasteiger partial charge in [-0.1, -0.05) is 29.1 Å². The van der Waals surface area contributed by atoms with E-state index in [1.165, 1.54) is 6.07 Å². The lowest BCUT2D eigenvalue weighted by Crippen LogP contribution is -2.24. The van der Waals surface area contributed by atoms with Crippen molar-refractivity contribution in [1.82, 2.24) is 9.13 Å². The summed E-state index contributed by atoms with van der Waals surface area (Å²) in [7, 11) is 0. The van der Waals surface area contributed by atoms with E-state index in [2.05, 4.69) is 5.92 Å². The first-order chi connectivity index (χ1) is 11.0. The fraction of sp³-hybridized carbons (Fsp3) is 0.200. The Morgan fingerprint density at radius 1 is 1.43 bits per heavy atom. The molecular weight excluding hydrogens is 344 g/mol. The third kappa shape index (κ3) is 2.92. The van der Waals surface area contributed by atoms with Gasteiger partial charge >= 0.3 is 5.69 Å². The highest BCUT2D eigenvalue weighted by Crippen LogP contribution is 2.31. The molecule has 0 aliphatic carbocycles. The lowest BCUT2D eigenvalue weighted by molar-refractivity contribution is 0.369. The summed E-state index contributed by atoms with van der Waals surface area (Å²) < 4.78 is 21.5. The van der Waals surface area contributed by atoms with Crippen molar-refractivity contribution in [2.75, 3.05) is 6.61 Å². The predicted octanol–water partition coefficient (Wildman–Crippen LogP) is 2.99. The van der Waals surface area contributed by atoms with E-state index in [-0.39, 0.29) is 40.5 Å². The largest absolute Gasteiger partial charge is 0.479 e. The van der Waals surface area contributed by atoms with Gasteiger partial charge in [-0.25, -0.2) is 13.8 Å². The molecule has 0 fully saturated rings. The second kappa shape index (κ2) is 6.78. The van der Waals surface area contributed by atoms with Crippen molar-refractivity contribution in [3.8, 4) is 29.8 Å². The molecule has 0 saturated carbocycles. The molecule has 0 atom stereocenters. The van der Waals surface area contributed by atoms with E-state index >= 15 is 0 Å². The molecule has 0 radical (unpaired) electrons. The first-order valence-corrected chi connectivity index (χ1v) is 7.18. The molecule has 0 aliphatic rings. The average molecular weight is 354 g/mol. The number of halogens is 3. The Bertz CT molecular complexity index is 903. The molecule has 0 spiro atoms. The van der Waals surface area contributed by atoms with E-state index in [0.29, 0.717) is 0 Å². The van der Waals surface area contributed by atoms with Gasteiger partial charge in [0.2, 0.25) is 0 Å². The van der Waals surface area contributed by atoms with Crippen molar-refractivity contribution in [2.45, 2.75) is 13.5 Å². The highest BCUT2D eigenvalue weighted by molar-refractivity contribution is 6.32. The summed E-state index contributed by atoms with van der Waals surface area (Å²) >= 11 is 11.9. The number of hydrogen-bond acceptors (Lipinski definition) is 3. The molecule has 0 amide bonds. The SMILES string of the molecule is C#CCOc1cc(-n2c(Cl)c(C#N)n(CC)c2=O)c(F)cc1Cl. The number of aromatic nitrogens is 2. The summed E-state index contributed by atoms with van der Waals surface area (Å²) in [6, 6.07) is 4.03. The van der Waals surface area contributed by atoms with Crippen LogP contribution in [0.15, 0.2) is 16.9 Å². The first kappa shape index (κ1) is 17.0. The zero-order valence-corrected chi connectivity index (χ0v) is 13.5. The fourth-order valence-corrected chi connectivity index (χ4v) is 2.56. The van der Waals surface area contributed by atoms with Crippen LogP contribution in [0.3, 0.4) is 0 Å².